The summed E-state index contributed by atoms with van der Waals surface area (Å²) in [5.41, 5.74) is 1.40. The monoisotopic (exact) mass is 484 g/mol. The van der Waals surface area contributed by atoms with Gasteiger partial charge in [-0.2, -0.15) is 0 Å². The number of aliphatic hydroxyl groups excluding tert-OH is 1. The van der Waals surface area contributed by atoms with Crippen LogP contribution >= 0.6 is 11.8 Å². The number of aliphatic hydroxyl groups is 1. The first-order valence-corrected chi connectivity index (χ1v) is 13.4. The lowest BCUT2D eigenvalue weighted by molar-refractivity contribution is 0.420. The maximum atomic E-state index is 13.2. The lowest BCUT2D eigenvalue weighted by Crippen LogP contribution is -2.23. The van der Waals surface area contributed by atoms with Gasteiger partial charge in [0.25, 0.3) is 10.0 Å². The molecule has 0 amide bonds. The van der Waals surface area contributed by atoms with Gasteiger partial charge in [-0.1, -0.05) is 43.7 Å². The highest BCUT2D eigenvalue weighted by Gasteiger charge is 2.19. The number of hydrogen-bond acceptors (Lipinski definition) is 6. The van der Waals surface area contributed by atoms with E-state index in [1.807, 2.05) is 12.1 Å². The van der Waals surface area contributed by atoms with Gasteiger partial charge in [-0.15, -0.1) is 11.8 Å². The van der Waals surface area contributed by atoms with Crippen LogP contribution in [0, 0.1) is 0 Å². The molecule has 0 aromatic heterocycles. The molecule has 0 aliphatic carbocycles. The number of nitrogens with zero attached hydrogens (tertiary/aromatic N) is 1. The first-order chi connectivity index (χ1) is 15.8. The molecular weight excluding hydrogens is 456 g/mol. The molecule has 0 radical (unpaired) electrons. The molecular formula is C25H28N2O4S2. The molecule has 1 saturated heterocycles. The number of sulfonamides is 1. The van der Waals surface area contributed by atoms with E-state index in [1.165, 1.54) is 24.6 Å². The van der Waals surface area contributed by atoms with E-state index in [-0.39, 0.29) is 22.2 Å². The summed E-state index contributed by atoms with van der Waals surface area (Å²) >= 11 is 1.19. The molecule has 8 heteroatoms. The molecule has 174 valence electrons. The normalized spacial score (nSPS) is 14.7. The van der Waals surface area contributed by atoms with Crippen molar-refractivity contribution in [2.45, 2.75) is 35.5 Å². The van der Waals surface area contributed by atoms with Gasteiger partial charge in [-0.25, -0.2) is 8.42 Å². The molecule has 0 saturated carbocycles. The van der Waals surface area contributed by atoms with E-state index >= 15 is 0 Å². The van der Waals surface area contributed by atoms with Crippen LogP contribution in [0.4, 0.5) is 11.4 Å². The van der Waals surface area contributed by atoms with Crippen LogP contribution in [-0.2, 0) is 10.0 Å². The molecule has 3 aromatic carbocycles. The Morgan fingerprint density at radius 1 is 1.00 bits per heavy atom. The van der Waals surface area contributed by atoms with Crippen molar-refractivity contribution >= 4 is 43.9 Å². The van der Waals surface area contributed by atoms with Gasteiger partial charge in [0.2, 0.25) is 0 Å². The van der Waals surface area contributed by atoms with E-state index in [4.69, 9.17) is 0 Å². The van der Waals surface area contributed by atoms with Gasteiger partial charge in [0.1, 0.15) is 5.75 Å². The quantitative estimate of drug-likeness (QED) is 0.220. The van der Waals surface area contributed by atoms with Crippen LogP contribution in [0.15, 0.2) is 76.7 Å². The summed E-state index contributed by atoms with van der Waals surface area (Å²) in [4.78, 5) is 2.94. The van der Waals surface area contributed by atoms with Crippen molar-refractivity contribution in [1.82, 2.24) is 0 Å². The molecule has 1 aliphatic rings. The van der Waals surface area contributed by atoms with E-state index in [9.17, 15) is 18.6 Å². The van der Waals surface area contributed by atoms with Crippen molar-refractivity contribution in [3.63, 3.8) is 0 Å². The summed E-state index contributed by atoms with van der Waals surface area (Å²) in [5, 5.41) is 21.2. The van der Waals surface area contributed by atoms with Crippen molar-refractivity contribution in [3.8, 4) is 5.75 Å². The van der Waals surface area contributed by atoms with E-state index in [0.717, 1.165) is 31.6 Å². The average molecular weight is 485 g/mol. The highest BCUT2D eigenvalue weighted by molar-refractivity contribution is 7.99. The zero-order valence-corrected chi connectivity index (χ0v) is 20.0. The average Bonchev–Trinajstić information content (AvgIpc) is 3.10. The molecule has 3 aromatic rings. The van der Waals surface area contributed by atoms with Gasteiger partial charge in [0.15, 0.2) is 0 Å². The fourth-order valence-electron chi connectivity index (χ4n) is 4.06. The zero-order chi connectivity index (χ0) is 23.4. The minimum atomic E-state index is -3.85. The topological polar surface area (TPSA) is 89.9 Å². The number of hydrogen-bond donors (Lipinski definition) is 3. The van der Waals surface area contributed by atoms with Gasteiger partial charge >= 0.3 is 0 Å². The fourth-order valence-corrected chi connectivity index (χ4v) is 5.90. The Hall–Kier alpha value is -2.84. The van der Waals surface area contributed by atoms with E-state index in [2.05, 4.69) is 16.2 Å². The van der Waals surface area contributed by atoms with Crippen molar-refractivity contribution in [2.24, 2.45) is 0 Å². The van der Waals surface area contributed by atoms with Gasteiger partial charge in [0, 0.05) is 29.5 Å². The largest absolute Gasteiger partial charge is 0.512 e. The van der Waals surface area contributed by atoms with E-state index in [0.29, 0.717) is 21.4 Å². The number of fused-ring (bicyclic) bond motifs is 1. The van der Waals surface area contributed by atoms with Crippen molar-refractivity contribution in [3.05, 3.63) is 66.9 Å². The van der Waals surface area contributed by atoms with Crippen LogP contribution < -0.4 is 9.62 Å². The third kappa shape index (κ3) is 5.39. The van der Waals surface area contributed by atoms with Gasteiger partial charge < -0.3 is 15.1 Å². The molecule has 1 aliphatic heterocycles. The maximum Gasteiger partial charge on any atom is 0.261 e. The van der Waals surface area contributed by atoms with Crippen LogP contribution in [0.1, 0.15) is 25.7 Å². The van der Waals surface area contributed by atoms with Crippen LogP contribution in [0.2, 0.25) is 0 Å². The molecule has 6 nitrogen and oxygen atoms in total. The summed E-state index contributed by atoms with van der Waals surface area (Å²) in [6.45, 7) is 5.45. The molecule has 3 N–H and O–H groups in total. The van der Waals surface area contributed by atoms with Crippen molar-refractivity contribution in [1.29, 1.82) is 0 Å². The smallest absolute Gasteiger partial charge is 0.261 e. The SMILES string of the molecule is C=C(O)CSc1cc(NS(=O)(=O)c2ccc(N3CCCCCC3)cc2)c2ccccc2c1O. The summed E-state index contributed by atoms with van der Waals surface area (Å²) < 4.78 is 29.1. The fraction of sp³-hybridized carbons (Fsp3) is 0.280. The first kappa shape index (κ1) is 23.3. The van der Waals surface area contributed by atoms with E-state index in [1.54, 1.807) is 42.5 Å². The number of nitrogens with one attached hydrogen (secondary N) is 1. The Balaban J connectivity index is 1.64. The number of aromatic hydroxyl groups is 1. The lowest BCUT2D eigenvalue weighted by Gasteiger charge is -2.22. The zero-order valence-electron chi connectivity index (χ0n) is 18.3. The number of anilines is 2. The number of thioether (sulfide) groups is 1. The molecule has 1 heterocycles. The molecule has 0 unspecified atom stereocenters. The van der Waals surface area contributed by atoms with Crippen molar-refractivity contribution < 1.29 is 18.6 Å². The predicted molar refractivity (Wildman–Crippen MR) is 136 cm³/mol. The number of rotatable bonds is 7. The lowest BCUT2D eigenvalue weighted by atomic mass is 10.1. The van der Waals surface area contributed by atoms with Crippen LogP contribution in [0.3, 0.4) is 0 Å². The highest BCUT2D eigenvalue weighted by atomic mass is 32.2. The van der Waals surface area contributed by atoms with Crippen LogP contribution in [0.25, 0.3) is 10.8 Å². The Morgan fingerprint density at radius 3 is 2.27 bits per heavy atom. The maximum absolute atomic E-state index is 13.2. The highest BCUT2D eigenvalue weighted by Crippen LogP contribution is 2.40. The Kier molecular flexibility index (Phi) is 7.05. The van der Waals surface area contributed by atoms with Gasteiger partial charge in [-0.05, 0) is 43.2 Å². The molecule has 0 spiro atoms. The second kappa shape index (κ2) is 9.97. The number of benzene rings is 3. The van der Waals surface area contributed by atoms with Gasteiger partial charge in [-0.3, -0.25) is 4.72 Å². The summed E-state index contributed by atoms with van der Waals surface area (Å²) in [7, 11) is -3.85. The second-order valence-electron chi connectivity index (χ2n) is 8.17. The Bertz CT molecular complexity index is 1250. The first-order valence-electron chi connectivity index (χ1n) is 11.0. The third-order valence-corrected chi connectivity index (χ3v) is 8.22. The standard InChI is InChI=1S/C25H28N2O4S2/c1-18(28)17-32-24-16-23(21-8-4-5-9-22(21)25(24)29)26-33(30,31)20-12-10-19(11-13-20)27-14-6-2-3-7-15-27/h4-5,8-13,16,26,28-29H,1-3,6-7,14-15,17H2. The predicted octanol–water partition coefficient (Wildman–Crippen LogP) is 5.89. The summed E-state index contributed by atoms with van der Waals surface area (Å²) in [6.07, 6.45) is 4.78. The minimum Gasteiger partial charge on any atom is -0.512 e. The Labute approximate surface area is 199 Å². The Morgan fingerprint density at radius 2 is 1.64 bits per heavy atom. The minimum absolute atomic E-state index is 0.0285. The third-order valence-electron chi connectivity index (χ3n) is 5.74. The van der Waals surface area contributed by atoms with Crippen molar-refractivity contribution in [2.75, 3.05) is 28.5 Å². The number of phenolic OH excluding ortho intramolecular Hbond substituents is 1. The molecule has 1 fully saturated rings. The second-order valence-corrected chi connectivity index (χ2v) is 10.9. The molecule has 33 heavy (non-hydrogen) atoms. The molecule has 0 bridgehead atoms. The summed E-state index contributed by atoms with van der Waals surface area (Å²) in [5.74, 6) is 0.205. The van der Waals surface area contributed by atoms with Crippen LogP contribution in [-0.4, -0.2) is 37.5 Å². The van der Waals surface area contributed by atoms with Gasteiger partial charge in [0.05, 0.1) is 27.0 Å². The molecule has 0 atom stereocenters. The van der Waals surface area contributed by atoms with E-state index < -0.39 is 10.0 Å². The number of phenols is 1. The summed E-state index contributed by atoms with van der Waals surface area (Å²) in [6, 6.07) is 15.7. The van der Waals surface area contributed by atoms with Crippen LogP contribution in [0.5, 0.6) is 5.75 Å². The molecule has 4 rings (SSSR count).